The summed E-state index contributed by atoms with van der Waals surface area (Å²) in [4.78, 5) is 3.88. The van der Waals surface area contributed by atoms with Crippen molar-refractivity contribution in [2.75, 3.05) is 0 Å². The van der Waals surface area contributed by atoms with Gasteiger partial charge in [0.15, 0.2) is 0 Å². The number of rotatable bonds is 3. The fourth-order valence-corrected chi connectivity index (χ4v) is 2.82. The normalized spacial score (nSPS) is 13.6. The van der Waals surface area contributed by atoms with E-state index in [0.717, 1.165) is 0 Å². The van der Waals surface area contributed by atoms with E-state index in [-0.39, 0.29) is 0 Å². The van der Waals surface area contributed by atoms with Crippen molar-refractivity contribution >= 4 is 34.8 Å². The predicted molar refractivity (Wildman–Crippen MR) is 75.8 cm³/mol. The monoisotopic (exact) mass is 319 g/mol. The summed E-state index contributed by atoms with van der Waals surface area (Å²) in [6.07, 6.45) is 1.98. The molecule has 4 nitrogen and oxygen atoms in total. The number of aromatic nitrogens is 3. The Labute approximate surface area is 125 Å². The zero-order valence-electron chi connectivity index (χ0n) is 10.3. The fourth-order valence-electron chi connectivity index (χ4n) is 1.80. The number of aliphatic hydroxyl groups excluding tert-OH is 1. The Morgan fingerprint density at radius 2 is 1.79 bits per heavy atom. The summed E-state index contributed by atoms with van der Waals surface area (Å²) in [5.74, 6) is 0. The van der Waals surface area contributed by atoms with Crippen LogP contribution < -0.4 is 0 Å². The summed E-state index contributed by atoms with van der Waals surface area (Å²) < 4.78 is 1.55. The first-order valence-electron chi connectivity index (χ1n) is 5.51. The molecular formula is C12H12Cl3N3O. The summed E-state index contributed by atoms with van der Waals surface area (Å²) in [5, 5.41) is 15.7. The third-order valence-electron chi connectivity index (χ3n) is 3.00. The fraction of sp³-hybridized carbons (Fsp3) is 0.333. The van der Waals surface area contributed by atoms with Gasteiger partial charge >= 0.3 is 0 Å². The maximum Gasteiger partial charge on any atom is 0.137 e. The number of hydrogen-bond donors (Lipinski definition) is 1. The Balaban J connectivity index is 2.48. The van der Waals surface area contributed by atoms with Gasteiger partial charge in [-0.15, -0.1) is 0 Å². The molecule has 19 heavy (non-hydrogen) atoms. The van der Waals surface area contributed by atoms with E-state index in [9.17, 15) is 5.11 Å². The van der Waals surface area contributed by atoms with Crippen molar-refractivity contribution in [1.29, 1.82) is 0 Å². The molecule has 0 amide bonds. The topological polar surface area (TPSA) is 50.9 Å². The van der Waals surface area contributed by atoms with Crippen molar-refractivity contribution in [1.82, 2.24) is 14.8 Å². The van der Waals surface area contributed by atoms with Crippen LogP contribution in [-0.4, -0.2) is 19.9 Å². The Kier molecular flexibility index (Phi) is 4.06. The average molecular weight is 321 g/mol. The van der Waals surface area contributed by atoms with Crippen molar-refractivity contribution in [3.05, 3.63) is 45.4 Å². The van der Waals surface area contributed by atoms with Crippen LogP contribution in [0, 0.1) is 0 Å². The lowest BCUT2D eigenvalue weighted by Gasteiger charge is -2.31. The van der Waals surface area contributed by atoms with Gasteiger partial charge in [0, 0.05) is 20.6 Å². The number of nitrogens with zero attached hydrogens (tertiary/aromatic N) is 3. The van der Waals surface area contributed by atoms with Crippen molar-refractivity contribution in [2.24, 2.45) is 0 Å². The van der Waals surface area contributed by atoms with Crippen LogP contribution in [0.1, 0.15) is 25.5 Å². The lowest BCUT2D eigenvalue weighted by molar-refractivity contribution is 0.0483. The first-order chi connectivity index (χ1) is 8.84. The van der Waals surface area contributed by atoms with Gasteiger partial charge in [0.2, 0.25) is 0 Å². The zero-order valence-corrected chi connectivity index (χ0v) is 12.6. The van der Waals surface area contributed by atoms with Gasteiger partial charge in [0.05, 0.1) is 5.54 Å². The van der Waals surface area contributed by atoms with E-state index >= 15 is 0 Å². The molecule has 1 aromatic heterocycles. The smallest absolute Gasteiger partial charge is 0.137 e. The lowest BCUT2D eigenvalue weighted by Crippen LogP contribution is -2.34. The second-order valence-corrected chi connectivity index (χ2v) is 5.93. The van der Waals surface area contributed by atoms with E-state index < -0.39 is 11.6 Å². The van der Waals surface area contributed by atoms with Crippen LogP contribution in [0.3, 0.4) is 0 Å². The third-order valence-corrected chi connectivity index (χ3v) is 3.84. The molecular weight excluding hydrogens is 309 g/mol. The van der Waals surface area contributed by atoms with Gasteiger partial charge in [-0.3, -0.25) is 0 Å². The molecule has 0 aliphatic rings. The zero-order chi connectivity index (χ0) is 14.2. The Hall–Kier alpha value is -0.810. The van der Waals surface area contributed by atoms with Gasteiger partial charge in [-0.2, -0.15) is 5.10 Å². The van der Waals surface area contributed by atoms with Gasteiger partial charge in [-0.25, -0.2) is 9.67 Å². The Morgan fingerprint density at radius 3 is 2.26 bits per heavy atom. The first kappa shape index (κ1) is 14.6. The SMILES string of the molecule is CC(C)(C(O)c1c(Cl)cc(Cl)cc1Cl)n1cncn1. The lowest BCUT2D eigenvalue weighted by atomic mass is 9.91. The van der Waals surface area contributed by atoms with Gasteiger partial charge in [0.1, 0.15) is 18.8 Å². The van der Waals surface area contributed by atoms with Crippen molar-refractivity contribution < 1.29 is 5.11 Å². The van der Waals surface area contributed by atoms with E-state index in [1.807, 2.05) is 13.8 Å². The Morgan fingerprint density at radius 1 is 1.21 bits per heavy atom. The minimum Gasteiger partial charge on any atom is -0.386 e. The second kappa shape index (κ2) is 5.29. The number of hydrogen-bond acceptors (Lipinski definition) is 3. The molecule has 0 saturated heterocycles. The summed E-state index contributed by atoms with van der Waals surface area (Å²) in [7, 11) is 0. The molecule has 0 aliphatic heterocycles. The summed E-state index contributed by atoms with van der Waals surface area (Å²) in [5.41, 5.74) is -0.328. The molecule has 0 bridgehead atoms. The summed E-state index contributed by atoms with van der Waals surface area (Å²) in [6.45, 7) is 3.63. The Bertz CT molecular complexity index is 561. The van der Waals surface area contributed by atoms with E-state index in [1.165, 1.54) is 12.7 Å². The minimum atomic E-state index is -0.952. The van der Waals surface area contributed by atoms with Crippen LogP contribution in [-0.2, 0) is 5.54 Å². The van der Waals surface area contributed by atoms with Crippen LogP contribution in [0.2, 0.25) is 15.1 Å². The molecule has 0 radical (unpaired) electrons. The maximum atomic E-state index is 10.6. The number of halogens is 3. The van der Waals surface area contributed by atoms with Crippen LogP contribution in [0.15, 0.2) is 24.8 Å². The van der Waals surface area contributed by atoms with Crippen LogP contribution in [0.4, 0.5) is 0 Å². The minimum absolute atomic E-state index is 0.318. The highest BCUT2D eigenvalue weighted by molar-refractivity contribution is 6.39. The first-order valence-corrected chi connectivity index (χ1v) is 6.65. The maximum absolute atomic E-state index is 10.6. The molecule has 0 fully saturated rings. The van der Waals surface area contributed by atoms with E-state index in [4.69, 9.17) is 34.8 Å². The van der Waals surface area contributed by atoms with Gasteiger partial charge in [-0.1, -0.05) is 34.8 Å². The standard InChI is InChI=1S/C12H12Cl3N3O/c1-12(2,18-6-16-5-17-18)11(19)10-8(14)3-7(13)4-9(10)15/h3-6,11,19H,1-2H3. The molecule has 1 heterocycles. The van der Waals surface area contributed by atoms with Crippen LogP contribution >= 0.6 is 34.8 Å². The van der Waals surface area contributed by atoms with Crippen molar-refractivity contribution in [2.45, 2.75) is 25.5 Å². The second-order valence-electron chi connectivity index (χ2n) is 4.68. The summed E-state index contributed by atoms with van der Waals surface area (Å²) >= 11 is 18.1. The van der Waals surface area contributed by atoms with E-state index in [1.54, 1.807) is 16.8 Å². The molecule has 1 unspecified atom stereocenters. The number of aliphatic hydroxyl groups is 1. The van der Waals surface area contributed by atoms with E-state index in [0.29, 0.717) is 20.6 Å². The van der Waals surface area contributed by atoms with Crippen molar-refractivity contribution in [3.8, 4) is 0 Å². The van der Waals surface area contributed by atoms with Gasteiger partial charge in [0.25, 0.3) is 0 Å². The quantitative estimate of drug-likeness (QED) is 0.938. The van der Waals surface area contributed by atoms with Crippen LogP contribution in [0.5, 0.6) is 0 Å². The highest BCUT2D eigenvalue weighted by Gasteiger charge is 2.34. The van der Waals surface area contributed by atoms with Crippen molar-refractivity contribution in [3.63, 3.8) is 0 Å². The molecule has 1 aromatic carbocycles. The molecule has 2 rings (SSSR count). The molecule has 0 spiro atoms. The third kappa shape index (κ3) is 2.72. The number of benzene rings is 1. The molecule has 1 N–H and O–H groups in total. The molecule has 0 aliphatic carbocycles. The van der Waals surface area contributed by atoms with Crippen LogP contribution in [0.25, 0.3) is 0 Å². The molecule has 0 saturated carbocycles. The molecule has 2 aromatic rings. The summed E-state index contributed by atoms with van der Waals surface area (Å²) in [6, 6.07) is 3.09. The highest BCUT2D eigenvalue weighted by Crippen LogP contribution is 2.40. The molecule has 1 atom stereocenters. The van der Waals surface area contributed by atoms with Gasteiger partial charge in [-0.05, 0) is 26.0 Å². The van der Waals surface area contributed by atoms with Gasteiger partial charge < -0.3 is 5.11 Å². The highest BCUT2D eigenvalue weighted by atomic mass is 35.5. The molecule has 7 heteroatoms. The van der Waals surface area contributed by atoms with E-state index in [2.05, 4.69) is 10.1 Å². The average Bonchev–Trinajstić information content (AvgIpc) is 2.81. The largest absolute Gasteiger partial charge is 0.386 e. The molecule has 102 valence electrons. The predicted octanol–water partition coefficient (Wildman–Crippen LogP) is 3.71.